The summed E-state index contributed by atoms with van der Waals surface area (Å²) in [4.78, 5) is 27.8. The quantitative estimate of drug-likeness (QED) is 0.764. The minimum atomic E-state index is -3.45. The van der Waals surface area contributed by atoms with Crippen LogP contribution >= 0.6 is 11.3 Å². The number of anilines is 1. The Labute approximate surface area is 161 Å². The van der Waals surface area contributed by atoms with Gasteiger partial charge in [-0.3, -0.25) is 4.79 Å². The van der Waals surface area contributed by atoms with Crippen molar-refractivity contribution >= 4 is 38.8 Å². The monoisotopic (exact) mass is 404 g/mol. The Hall–Kier alpha value is -2.10. The van der Waals surface area contributed by atoms with Gasteiger partial charge in [-0.1, -0.05) is 17.4 Å². The van der Waals surface area contributed by atoms with Gasteiger partial charge in [-0.25, -0.2) is 19.1 Å². The number of nitrogens with one attached hydrogen (secondary N) is 1. The van der Waals surface area contributed by atoms with Crippen LogP contribution in [0.15, 0.2) is 20.8 Å². The number of fused-ring (bicyclic) bond motifs is 2. The van der Waals surface area contributed by atoms with Crippen LogP contribution in [-0.2, 0) is 35.6 Å². The number of aromatic nitrogens is 1. The topological polar surface area (TPSA) is 115 Å². The van der Waals surface area contributed by atoms with Gasteiger partial charge in [0.25, 0.3) is 0 Å². The van der Waals surface area contributed by atoms with Crippen molar-refractivity contribution in [3.63, 3.8) is 0 Å². The van der Waals surface area contributed by atoms with Crippen molar-refractivity contribution in [2.24, 2.45) is 9.50 Å². The van der Waals surface area contributed by atoms with Crippen molar-refractivity contribution in [3.8, 4) is 0 Å². The van der Waals surface area contributed by atoms with Crippen molar-refractivity contribution < 1.29 is 13.8 Å². The zero-order valence-corrected chi connectivity index (χ0v) is 16.5. The molecule has 0 aliphatic heterocycles. The van der Waals surface area contributed by atoms with Crippen LogP contribution in [0.4, 0.5) is 10.5 Å². The van der Waals surface area contributed by atoms with Crippen molar-refractivity contribution in [3.05, 3.63) is 39.5 Å². The molecule has 142 valence electrons. The predicted octanol–water partition coefficient (Wildman–Crippen LogP) is 3.26. The lowest BCUT2D eigenvalue weighted by atomic mass is 9.99. The predicted molar refractivity (Wildman–Crippen MR) is 105 cm³/mol. The van der Waals surface area contributed by atoms with Crippen molar-refractivity contribution in [1.29, 1.82) is 0 Å². The van der Waals surface area contributed by atoms with E-state index in [1.165, 1.54) is 35.4 Å². The summed E-state index contributed by atoms with van der Waals surface area (Å²) in [5, 5.41) is 8.83. The maximum Gasteiger partial charge on any atom is 0.354 e. The molecule has 0 saturated heterocycles. The lowest BCUT2D eigenvalue weighted by Crippen LogP contribution is -2.18. The highest BCUT2D eigenvalue weighted by atomic mass is 32.2. The van der Waals surface area contributed by atoms with E-state index in [1.807, 2.05) is 0 Å². The maximum atomic E-state index is 12.7. The molecule has 0 saturated carbocycles. The van der Waals surface area contributed by atoms with Crippen molar-refractivity contribution in [1.82, 2.24) is 4.98 Å². The van der Waals surface area contributed by atoms with Crippen molar-refractivity contribution in [2.75, 3.05) is 5.32 Å². The summed E-state index contributed by atoms with van der Waals surface area (Å²) in [5.74, 6) is -0.249. The van der Waals surface area contributed by atoms with E-state index in [4.69, 9.17) is 5.14 Å². The number of hydrogen-bond donors (Lipinski definition) is 2. The molecule has 9 heteroatoms. The molecule has 1 heterocycles. The SMILES string of the molecule is CC(=O)c1ncc([S@](N)(=O)=NC(=O)Nc2c3c(cc4c2CCC4)CCC3)s1. The van der Waals surface area contributed by atoms with E-state index in [2.05, 4.69) is 20.7 Å². The fourth-order valence-electron chi connectivity index (χ4n) is 3.82. The van der Waals surface area contributed by atoms with Crippen molar-refractivity contribution in [2.45, 2.75) is 49.7 Å². The summed E-state index contributed by atoms with van der Waals surface area (Å²) < 4.78 is 16.5. The molecule has 0 bridgehead atoms. The summed E-state index contributed by atoms with van der Waals surface area (Å²) in [6.45, 7) is 1.36. The van der Waals surface area contributed by atoms with Crippen LogP contribution in [-0.4, -0.2) is 21.0 Å². The number of urea groups is 1. The molecule has 0 fully saturated rings. The van der Waals surface area contributed by atoms with Gasteiger partial charge in [0, 0.05) is 12.6 Å². The molecule has 1 atom stereocenters. The van der Waals surface area contributed by atoms with E-state index in [0.29, 0.717) is 0 Å². The Morgan fingerprint density at radius 1 is 1.19 bits per heavy atom. The molecule has 0 unspecified atom stereocenters. The highest BCUT2D eigenvalue weighted by molar-refractivity contribution is 7.93. The van der Waals surface area contributed by atoms with Gasteiger partial charge in [-0.05, 0) is 60.8 Å². The fourth-order valence-corrected chi connectivity index (χ4v) is 5.78. The first-order chi connectivity index (χ1) is 12.8. The summed E-state index contributed by atoms with van der Waals surface area (Å²) >= 11 is 0.902. The molecule has 2 aliphatic rings. The minimum absolute atomic E-state index is 0.117. The Morgan fingerprint density at radius 2 is 1.81 bits per heavy atom. The van der Waals surface area contributed by atoms with Crippen LogP contribution in [0, 0.1) is 0 Å². The standard InChI is InChI=1S/C18H20N4O3S2/c1-10(23)17-20-9-15(26-17)27(19,25)22-18(24)21-16-13-6-2-4-11(13)8-12-5-3-7-14(12)16/h8-9H,2-7H2,1H3,(H3,19,21,22,24,25)/t27-/m1/s1. The van der Waals surface area contributed by atoms with Gasteiger partial charge in [0.05, 0.1) is 6.20 Å². The second-order valence-electron chi connectivity index (χ2n) is 6.86. The molecule has 2 amide bonds. The summed E-state index contributed by atoms with van der Waals surface area (Å²) in [5.41, 5.74) is 5.73. The number of Topliss-reactive ketones (excluding diaryl/α,β-unsaturated/α-hetero) is 1. The zero-order valence-electron chi connectivity index (χ0n) is 14.9. The first-order valence-electron chi connectivity index (χ1n) is 8.84. The molecule has 7 nitrogen and oxygen atoms in total. The Morgan fingerprint density at radius 3 is 2.37 bits per heavy atom. The first kappa shape index (κ1) is 18.3. The molecule has 1 aromatic heterocycles. The third-order valence-electron chi connectivity index (χ3n) is 5.00. The number of rotatable bonds is 3. The Bertz CT molecular complexity index is 1050. The highest BCUT2D eigenvalue weighted by Crippen LogP contribution is 2.38. The summed E-state index contributed by atoms with van der Waals surface area (Å²) in [7, 11) is -3.45. The average Bonchev–Trinajstić information content (AvgIpc) is 3.34. The van der Waals surface area contributed by atoms with Gasteiger partial charge in [-0.15, -0.1) is 4.36 Å². The molecule has 0 radical (unpaired) electrons. The number of aryl methyl sites for hydroxylation is 2. The molecular formula is C18H20N4O3S2. The third kappa shape index (κ3) is 3.42. The lowest BCUT2D eigenvalue weighted by molar-refractivity contribution is 0.101. The number of nitrogens with two attached hydrogens (primary N) is 1. The van der Waals surface area contributed by atoms with Crippen LogP contribution in [0.2, 0.25) is 0 Å². The van der Waals surface area contributed by atoms with Gasteiger partial charge in [-0.2, -0.15) is 0 Å². The number of carbonyl (C=O) groups excluding carboxylic acids is 2. The van der Waals surface area contributed by atoms with E-state index < -0.39 is 15.9 Å². The molecule has 27 heavy (non-hydrogen) atoms. The van der Waals surface area contributed by atoms with E-state index >= 15 is 0 Å². The Kier molecular flexibility index (Phi) is 4.61. The number of ketones is 1. The minimum Gasteiger partial charge on any atom is -0.305 e. The lowest BCUT2D eigenvalue weighted by Gasteiger charge is -2.15. The molecule has 2 aliphatic carbocycles. The second-order valence-corrected chi connectivity index (χ2v) is 9.91. The Balaban J connectivity index is 1.66. The summed E-state index contributed by atoms with van der Waals surface area (Å²) in [6.07, 6.45) is 7.27. The zero-order chi connectivity index (χ0) is 19.2. The third-order valence-corrected chi connectivity index (χ3v) is 7.98. The normalized spacial score (nSPS) is 17.1. The van der Waals surface area contributed by atoms with E-state index in [1.54, 1.807) is 0 Å². The fraction of sp³-hybridized carbons (Fsp3) is 0.389. The second kappa shape index (κ2) is 6.81. The van der Waals surface area contributed by atoms with Crippen LogP contribution in [0.3, 0.4) is 0 Å². The van der Waals surface area contributed by atoms with Crippen LogP contribution < -0.4 is 10.5 Å². The van der Waals surface area contributed by atoms with Crippen LogP contribution in [0.5, 0.6) is 0 Å². The number of benzene rings is 1. The van der Waals surface area contributed by atoms with E-state index in [-0.39, 0.29) is 15.0 Å². The number of nitrogens with zero attached hydrogens (tertiary/aromatic N) is 2. The van der Waals surface area contributed by atoms with E-state index in [0.717, 1.165) is 55.5 Å². The van der Waals surface area contributed by atoms with Gasteiger partial charge in [0.15, 0.2) is 20.7 Å². The number of thiazole rings is 1. The van der Waals surface area contributed by atoms with Crippen LogP contribution in [0.25, 0.3) is 0 Å². The molecule has 4 rings (SSSR count). The number of carbonyl (C=O) groups is 2. The summed E-state index contributed by atoms with van der Waals surface area (Å²) in [6, 6.07) is 1.54. The number of hydrogen-bond acceptors (Lipinski definition) is 5. The number of amides is 2. The van der Waals surface area contributed by atoms with Gasteiger partial charge < -0.3 is 5.32 Å². The first-order valence-corrected chi connectivity index (χ1v) is 11.2. The molecule has 0 spiro atoms. The smallest absolute Gasteiger partial charge is 0.305 e. The molecule has 1 aromatic carbocycles. The largest absolute Gasteiger partial charge is 0.354 e. The van der Waals surface area contributed by atoms with Crippen LogP contribution in [0.1, 0.15) is 51.8 Å². The van der Waals surface area contributed by atoms with E-state index in [9.17, 15) is 13.8 Å². The molecular weight excluding hydrogens is 384 g/mol. The van der Waals surface area contributed by atoms with Gasteiger partial charge in [0.2, 0.25) is 0 Å². The maximum absolute atomic E-state index is 12.7. The molecule has 2 aromatic rings. The average molecular weight is 405 g/mol. The highest BCUT2D eigenvalue weighted by Gasteiger charge is 2.25. The van der Waals surface area contributed by atoms with Gasteiger partial charge in [0.1, 0.15) is 4.21 Å². The van der Waals surface area contributed by atoms with Gasteiger partial charge >= 0.3 is 6.03 Å². The molecule has 3 N–H and O–H groups in total.